The Morgan fingerprint density at radius 2 is 1.74 bits per heavy atom. The second-order valence-electron chi connectivity index (χ2n) is 4.50. The largest absolute Gasteiger partial charge is 0.179 e. The lowest BCUT2D eigenvalue weighted by Gasteiger charge is -2.23. The molecule has 0 nitrogen and oxygen atoms in total. The van der Waals surface area contributed by atoms with Crippen molar-refractivity contribution in [3.05, 3.63) is 17.5 Å². The van der Waals surface area contributed by atoms with E-state index in [1.165, 1.54) is 4.21 Å². The van der Waals surface area contributed by atoms with Crippen LogP contribution in [0.1, 0.15) is 0 Å². The monoisotopic (exact) mass is 480 g/mol. The molecule has 1 heterocycles. The third-order valence-corrected chi connectivity index (χ3v) is 12.1. The topological polar surface area (TPSA) is 0 Å². The molecule has 0 aliphatic heterocycles. The second-order valence-corrected chi connectivity index (χ2v) is 12.9. The van der Waals surface area contributed by atoms with Crippen LogP contribution in [0.25, 0.3) is 0 Å². The van der Waals surface area contributed by atoms with Crippen LogP contribution in [0.4, 0.5) is 0 Å². The Hall–Kier alpha value is 2.50. The smallest absolute Gasteiger partial charge is 0.0599 e. The van der Waals surface area contributed by atoms with Crippen LogP contribution in [0, 0.1) is 0 Å². The highest BCUT2D eigenvalue weighted by atomic mass is 32.2. The quantitative estimate of drug-likeness (QED) is 0.150. The van der Waals surface area contributed by atoms with Crippen LogP contribution in [0.5, 0.6) is 0 Å². The molecule has 23 heavy (non-hydrogen) atoms. The first-order valence-corrected chi connectivity index (χ1v) is 14.7. The van der Waals surface area contributed by atoms with Crippen LogP contribution in [0.2, 0.25) is 0 Å². The maximum absolute atomic E-state index is 4.89. The van der Waals surface area contributed by atoms with Gasteiger partial charge in [0.25, 0.3) is 0 Å². The number of rotatable bonds is 14. The van der Waals surface area contributed by atoms with Gasteiger partial charge in [0.1, 0.15) is 0 Å². The summed E-state index contributed by atoms with van der Waals surface area (Å²) in [6.45, 7) is 0. The van der Waals surface area contributed by atoms with Crippen molar-refractivity contribution in [2.24, 2.45) is 0 Å². The molecule has 134 valence electrons. The summed E-state index contributed by atoms with van der Waals surface area (Å²) < 4.78 is 1.75. The highest BCUT2D eigenvalue weighted by Crippen LogP contribution is 2.35. The van der Waals surface area contributed by atoms with Crippen molar-refractivity contribution in [2.75, 3.05) is 40.3 Å². The fourth-order valence-corrected chi connectivity index (χ4v) is 9.18. The van der Waals surface area contributed by atoms with E-state index in [-0.39, 0.29) is 0 Å². The van der Waals surface area contributed by atoms with Gasteiger partial charge in [-0.2, -0.15) is 74.0 Å². The highest BCUT2D eigenvalue weighted by Gasteiger charge is 2.21. The maximum Gasteiger partial charge on any atom is 0.0599 e. The fourth-order valence-electron chi connectivity index (χ4n) is 1.61. The number of thioether (sulfide) groups is 4. The molecule has 1 aromatic rings. The molecule has 1 aromatic heterocycles. The van der Waals surface area contributed by atoms with Gasteiger partial charge in [0, 0.05) is 39.3 Å². The molecule has 0 saturated heterocycles. The Morgan fingerprint density at radius 3 is 2.35 bits per heavy atom. The third-order valence-electron chi connectivity index (χ3n) is 2.73. The predicted molar refractivity (Wildman–Crippen MR) is 134 cm³/mol. The minimum Gasteiger partial charge on any atom is -0.179 e. The summed E-state index contributed by atoms with van der Waals surface area (Å²) in [5.41, 5.74) is 0. The zero-order chi connectivity index (χ0) is 16.9. The SMILES string of the molecule is SCCSC(CS)CSC(S)C(CSc1cccs1)SCCS. The lowest BCUT2D eigenvalue weighted by molar-refractivity contribution is 1.08. The van der Waals surface area contributed by atoms with E-state index >= 15 is 0 Å². The van der Waals surface area contributed by atoms with Crippen LogP contribution in [-0.4, -0.2) is 55.4 Å². The van der Waals surface area contributed by atoms with Gasteiger partial charge in [-0.25, -0.2) is 0 Å². The van der Waals surface area contributed by atoms with Crippen LogP contribution in [0.3, 0.4) is 0 Å². The number of hydrogen-bond acceptors (Lipinski definition) is 9. The molecule has 0 radical (unpaired) electrons. The summed E-state index contributed by atoms with van der Waals surface area (Å²) in [7, 11) is 0. The Kier molecular flexibility index (Phi) is 15.9. The van der Waals surface area contributed by atoms with Gasteiger partial charge in [0.05, 0.1) is 8.79 Å². The first-order valence-electron chi connectivity index (χ1n) is 7.23. The van der Waals surface area contributed by atoms with E-state index in [4.69, 9.17) is 12.6 Å². The van der Waals surface area contributed by atoms with Gasteiger partial charge in [0.2, 0.25) is 0 Å². The van der Waals surface area contributed by atoms with E-state index in [0.717, 1.165) is 40.3 Å². The highest BCUT2D eigenvalue weighted by molar-refractivity contribution is 8.13. The molecular weight excluding hydrogens is 457 g/mol. The maximum atomic E-state index is 4.89. The molecule has 0 amide bonds. The third kappa shape index (κ3) is 11.1. The first-order chi connectivity index (χ1) is 11.2. The van der Waals surface area contributed by atoms with Gasteiger partial charge in [-0.3, -0.25) is 0 Å². The van der Waals surface area contributed by atoms with Gasteiger partial charge < -0.3 is 0 Å². The molecular formula is C14H24S9. The van der Waals surface area contributed by atoms with Gasteiger partial charge in [-0.05, 0) is 23.0 Å². The van der Waals surface area contributed by atoms with Crippen LogP contribution in [-0.2, 0) is 0 Å². The van der Waals surface area contributed by atoms with Gasteiger partial charge in [0.15, 0.2) is 0 Å². The minimum absolute atomic E-state index is 0.353. The molecule has 0 bridgehead atoms. The molecule has 1 rings (SSSR count). The van der Waals surface area contributed by atoms with Crippen molar-refractivity contribution in [3.8, 4) is 0 Å². The Bertz CT molecular complexity index is 370. The van der Waals surface area contributed by atoms with E-state index in [9.17, 15) is 0 Å². The van der Waals surface area contributed by atoms with Gasteiger partial charge >= 0.3 is 0 Å². The summed E-state index contributed by atoms with van der Waals surface area (Å²) in [6.07, 6.45) is 0. The van der Waals surface area contributed by atoms with Crippen molar-refractivity contribution in [2.45, 2.75) is 19.3 Å². The zero-order valence-corrected chi connectivity index (χ0v) is 20.4. The Morgan fingerprint density at radius 1 is 1.00 bits per heavy atom. The fraction of sp³-hybridized carbons (Fsp3) is 0.714. The number of thiol groups is 4. The van der Waals surface area contributed by atoms with E-state index in [1.807, 2.05) is 58.4 Å². The lowest BCUT2D eigenvalue weighted by atomic mass is 10.5. The van der Waals surface area contributed by atoms with Crippen LogP contribution < -0.4 is 0 Å². The molecule has 0 spiro atoms. The summed E-state index contributed by atoms with van der Waals surface area (Å²) in [5, 5.41) is 3.27. The van der Waals surface area contributed by atoms with Crippen molar-refractivity contribution in [3.63, 3.8) is 0 Å². The minimum atomic E-state index is 0.353. The normalized spacial score (nSPS) is 15.5. The van der Waals surface area contributed by atoms with Gasteiger partial charge in [-0.15, -0.1) is 34.9 Å². The average molecular weight is 481 g/mol. The van der Waals surface area contributed by atoms with E-state index < -0.39 is 0 Å². The molecule has 0 aliphatic carbocycles. The molecule has 3 unspecified atom stereocenters. The molecule has 0 fully saturated rings. The summed E-state index contributed by atoms with van der Waals surface area (Å²) >= 11 is 27.7. The molecule has 0 N–H and O–H groups in total. The van der Waals surface area contributed by atoms with Crippen molar-refractivity contribution in [1.29, 1.82) is 0 Å². The van der Waals surface area contributed by atoms with E-state index in [0.29, 0.717) is 15.1 Å². The molecule has 0 aromatic carbocycles. The Labute approximate surface area is 184 Å². The Balaban J connectivity index is 2.41. The zero-order valence-electron chi connectivity index (χ0n) is 12.7. The molecule has 3 atom stereocenters. The summed E-state index contributed by atoms with van der Waals surface area (Å²) in [6, 6.07) is 4.31. The standard InChI is InChI=1S/C14H24S9/c15-3-6-19-11(8-17)9-23-14(18)12(20-7-4-16)10-22-13-2-1-5-21-13/h1-2,5,11-12,14-18H,3-4,6-10H2. The molecule has 9 heteroatoms. The first kappa shape index (κ1) is 23.5. The second kappa shape index (κ2) is 15.5. The number of hydrogen-bond donors (Lipinski definition) is 4. The van der Waals surface area contributed by atoms with Crippen LogP contribution >= 0.6 is 109 Å². The summed E-state index contributed by atoms with van der Waals surface area (Å²) in [4.78, 5) is 0. The average Bonchev–Trinajstić information content (AvgIpc) is 3.08. The van der Waals surface area contributed by atoms with Gasteiger partial charge in [-0.1, -0.05) is 6.07 Å². The predicted octanol–water partition coefficient (Wildman–Crippen LogP) is 5.82. The molecule has 0 aliphatic rings. The summed E-state index contributed by atoms with van der Waals surface area (Å²) in [5.74, 6) is 7.17. The lowest BCUT2D eigenvalue weighted by Crippen LogP contribution is -2.21. The van der Waals surface area contributed by atoms with Crippen molar-refractivity contribution >= 4 is 109 Å². The van der Waals surface area contributed by atoms with E-state index in [2.05, 4.69) is 55.4 Å². The number of thiophene rings is 1. The molecule has 0 saturated carbocycles. The van der Waals surface area contributed by atoms with Crippen LogP contribution in [0.15, 0.2) is 21.7 Å². The van der Waals surface area contributed by atoms with Crippen molar-refractivity contribution < 1.29 is 0 Å². The van der Waals surface area contributed by atoms with E-state index in [1.54, 1.807) is 0 Å². The van der Waals surface area contributed by atoms with Crippen molar-refractivity contribution in [1.82, 2.24) is 0 Å².